The van der Waals surface area contributed by atoms with Gasteiger partial charge in [-0.15, -0.1) is 0 Å². The second-order valence-electron chi connectivity index (χ2n) is 9.63. The molecule has 0 aromatic heterocycles. The van der Waals surface area contributed by atoms with E-state index in [1.54, 1.807) is 18.2 Å². The number of allylic oxidation sites excluding steroid dienone is 1. The van der Waals surface area contributed by atoms with Crippen LogP contribution in [0.4, 0.5) is 18.9 Å². The molecule has 1 unspecified atom stereocenters. The van der Waals surface area contributed by atoms with Crippen LogP contribution in [0.15, 0.2) is 52.7 Å². The van der Waals surface area contributed by atoms with Crippen molar-refractivity contribution < 1.29 is 32.5 Å². The van der Waals surface area contributed by atoms with Gasteiger partial charge in [0.05, 0.1) is 25.4 Å². The van der Waals surface area contributed by atoms with E-state index in [0.29, 0.717) is 47.7 Å². The third kappa shape index (κ3) is 7.30. The molecule has 218 valence electrons. The number of nitrogens with zero attached hydrogens (tertiary/aromatic N) is 2. The molecular formula is C30H36ClF3N2O4. The molecule has 40 heavy (non-hydrogen) atoms. The first kappa shape index (κ1) is 31.3. The Morgan fingerprint density at radius 1 is 1.12 bits per heavy atom. The van der Waals surface area contributed by atoms with Gasteiger partial charge in [0, 0.05) is 29.8 Å². The fourth-order valence-electron chi connectivity index (χ4n) is 5.00. The van der Waals surface area contributed by atoms with Crippen LogP contribution in [0.25, 0.3) is 0 Å². The van der Waals surface area contributed by atoms with E-state index in [-0.39, 0.29) is 24.0 Å². The molecule has 2 aromatic carbocycles. The highest BCUT2D eigenvalue weighted by atomic mass is 35.5. The number of ether oxygens (including phenoxy) is 2. The molecule has 1 aliphatic carbocycles. The molecule has 1 saturated carbocycles. The van der Waals surface area contributed by atoms with E-state index in [9.17, 15) is 13.2 Å². The van der Waals surface area contributed by atoms with Crippen molar-refractivity contribution in [3.63, 3.8) is 0 Å². The number of halogens is 4. The highest BCUT2D eigenvalue weighted by molar-refractivity contribution is 6.30. The zero-order valence-corrected chi connectivity index (χ0v) is 24.2. The van der Waals surface area contributed by atoms with Crippen molar-refractivity contribution in [2.24, 2.45) is 10.9 Å². The zero-order valence-electron chi connectivity index (χ0n) is 23.4. The average molecular weight is 581 g/mol. The molecule has 0 spiro atoms. The van der Waals surface area contributed by atoms with Crippen LogP contribution in [0.3, 0.4) is 0 Å². The van der Waals surface area contributed by atoms with E-state index < -0.39 is 17.8 Å². The smallest absolute Gasteiger partial charge is 0.431 e. The monoisotopic (exact) mass is 580 g/mol. The molecule has 0 saturated heterocycles. The Balaban J connectivity index is 0.00000103. The Morgan fingerprint density at radius 3 is 2.33 bits per heavy atom. The molecule has 2 aromatic rings. The van der Waals surface area contributed by atoms with Crippen molar-refractivity contribution >= 4 is 29.1 Å². The van der Waals surface area contributed by atoms with Gasteiger partial charge < -0.3 is 14.6 Å². The SMILES string of the molecule is CC(=O)O.CCOc1cccc(C(c2cc(Cl)ccc2N2C(CC)=NCC(C)=C2C(F)(F)F)C2CC2)c1OCC. The molecule has 1 N–H and O–H groups in total. The van der Waals surface area contributed by atoms with Gasteiger partial charge in [-0.05, 0) is 74.9 Å². The Morgan fingerprint density at radius 2 is 1.77 bits per heavy atom. The number of alkyl halides is 3. The third-order valence-corrected chi connectivity index (χ3v) is 6.80. The Bertz CT molecular complexity index is 1270. The summed E-state index contributed by atoms with van der Waals surface area (Å²) in [7, 11) is 0. The lowest BCUT2D eigenvalue weighted by atomic mass is 9.84. The van der Waals surface area contributed by atoms with E-state index in [4.69, 9.17) is 31.0 Å². The number of rotatable bonds is 9. The summed E-state index contributed by atoms with van der Waals surface area (Å²) in [4.78, 5) is 14.8. The second kappa shape index (κ2) is 13.4. The van der Waals surface area contributed by atoms with E-state index in [1.807, 2.05) is 39.0 Å². The Kier molecular flexibility index (Phi) is 10.5. The van der Waals surface area contributed by atoms with Crippen molar-refractivity contribution in [3.05, 3.63) is 63.8 Å². The maximum Gasteiger partial charge on any atom is 0.431 e. The third-order valence-electron chi connectivity index (χ3n) is 6.56. The number of aliphatic imine (C=N–C) groups is 1. The summed E-state index contributed by atoms with van der Waals surface area (Å²) in [6.45, 7) is 9.18. The highest BCUT2D eigenvalue weighted by Gasteiger charge is 2.45. The van der Waals surface area contributed by atoms with Crippen molar-refractivity contribution in [2.75, 3.05) is 24.7 Å². The van der Waals surface area contributed by atoms with Crippen molar-refractivity contribution in [1.29, 1.82) is 0 Å². The van der Waals surface area contributed by atoms with Crippen molar-refractivity contribution in [1.82, 2.24) is 0 Å². The summed E-state index contributed by atoms with van der Waals surface area (Å²) in [6.07, 6.45) is -2.22. The van der Waals surface area contributed by atoms with E-state index >= 15 is 0 Å². The van der Waals surface area contributed by atoms with Crippen LogP contribution in [0, 0.1) is 5.92 Å². The largest absolute Gasteiger partial charge is 0.490 e. The predicted molar refractivity (Wildman–Crippen MR) is 152 cm³/mol. The first-order chi connectivity index (χ1) is 18.9. The molecule has 4 rings (SSSR count). The highest BCUT2D eigenvalue weighted by Crippen LogP contribution is 2.53. The number of hydrogen-bond donors (Lipinski definition) is 1. The Labute approximate surface area is 238 Å². The minimum absolute atomic E-state index is 0.0361. The number of amidine groups is 1. The fraction of sp³-hybridized carbons (Fsp3) is 0.467. The number of hydrogen-bond acceptors (Lipinski definition) is 5. The predicted octanol–water partition coefficient (Wildman–Crippen LogP) is 8.24. The van der Waals surface area contributed by atoms with E-state index in [0.717, 1.165) is 30.9 Å². The van der Waals surface area contributed by atoms with Crippen molar-refractivity contribution in [3.8, 4) is 11.5 Å². The number of anilines is 1. The molecule has 0 bridgehead atoms. The van der Waals surface area contributed by atoms with Gasteiger partial charge in [-0.3, -0.25) is 14.7 Å². The van der Waals surface area contributed by atoms with Crippen LogP contribution in [0.2, 0.25) is 5.02 Å². The van der Waals surface area contributed by atoms with Gasteiger partial charge >= 0.3 is 6.18 Å². The van der Waals surface area contributed by atoms with Gasteiger partial charge in [-0.2, -0.15) is 13.2 Å². The number of benzene rings is 2. The van der Waals surface area contributed by atoms with Crippen LogP contribution in [0.5, 0.6) is 11.5 Å². The number of carboxylic acids is 1. The maximum atomic E-state index is 14.4. The molecule has 2 aliphatic rings. The van der Waals surface area contributed by atoms with Gasteiger partial charge in [0.25, 0.3) is 5.97 Å². The fourth-order valence-corrected chi connectivity index (χ4v) is 5.18. The van der Waals surface area contributed by atoms with Crippen LogP contribution < -0.4 is 14.4 Å². The minimum atomic E-state index is -4.53. The summed E-state index contributed by atoms with van der Waals surface area (Å²) in [5.74, 6) is 0.862. The molecule has 1 fully saturated rings. The summed E-state index contributed by atoms with van der Waals surface area (Å²) in [5, 5.41) is 7.89. The molecule has 1 aliphatic heterocycles. The standard InChI is InChI=1S/C28H32ClF3N2O2.C2H4O2/c1-5-24-33-16-17(4)27(28(30,31)32)34(24)22-14-13-19(29)15-21(22)25(18-11-12-18)20-9-8-10-23(35-6-2)26(20)36-7-3;1-2(3)4/h8-10,13-15,18,25H,5-7,11-12,16H2,1-4H3;1H3,(H,3,4). The quantitative estimate of drug-likeness (QED) is 0.323. The molecule has 0 radical (unpaired) electrons. The minimum Gasteiger partial charge on any atom is -0.490 e. The molecule has 0 amide bonds. The second-order valence-corrected chi connectivity index (χ2v) is 10.1. The number of aliphatic carboxylic acids is 1. The van der Waals surface area contributed by atoms with Gasteiger partial charge in [0.1, 0.15) is 11.5 Å². The average Bonchev–Trinajstić information content (AvgIpc) is 3.70. The van der Waals surface area contributed by atoms with Crippen LogP contribution in [-0.4, -0.2) is 42.8 Å². The number of carboxylic acid groups (broad SMARTS) is 1. The van der Waals surface area contributed by atoms with Crippen LogP contribution in [-0.2, 0) is 4.79 Å². The summed E-state index contributed by atoms with van der Waals surface area (Å²) < 4.78 is 55.2. The van der Waals surface area contributed by atoms with E-state index in [2.05, 4.69) is 4.99 Å². The van der Waals surface area contributed by atoms with Crippen LogP contribution >= 0.6 is 11.6 Å². The number of para-hydroxylation sites is 1. The lowest BCUT2D eigenvalue weighted by molar-refractivity contribution is -0.134. The molecule has 1 heterocycles. The first-order valence-electron chi connectivity index (χ1n) is 13.4. The molecule has 6 nitrogen and oxygen atoms in total. The van der Waals surface area contributed by atoms with Gasteiger partial charge in [0.2, 0.25) is 0 Å². The molecule has 1 atom stereocenters. The van der Waals surface area contributed by atoms with Crippen LogP contribution in [0.1, 0.15) is 70.9 Å². The maximum absolute atomic E-state index is 14.4. The zero-order chi connectivity index (χ0) is 29.6. The lowest BCUT2D eigenvalue weighted by Gasteiger charge is -2.36. The molecular weight excluding hydrogens is 545 g/mol. The Hall–Kier alpha value is -3.20. The molecule has 10 heteroatoms. The first-order valence-corrected chi connectivity index (χ1v) is 13.8. The summed E-state index contributed by atoms with van der Waals surface area (Å²) >= 11 is 6.48. The van der Waals surface area contributed by atoms with E-state index in [1.165, 1.54) is 11.8 Å². The topological polar surface area (TPSA) is 71.4 Å². The lowest BCUT2D eigenvalue weighted by Crippen LogP contribution is -2.41. The normalized spacial score (nSPS) is 16.1. The summed E-state index contributed by atoms with van der Waals surface area (Å²) in [5.41, 5.74) is 1.61. The van der Waals surface area contributed by atoms with Gasteiger partial charge in [-0.25, -0.2) is 0 Å². The number of carbonyl (C=O) groups is 1. The van der Waals surface area contributed by atoms with Gasteiger partial charge in [0.15, 0.2) is 11.5 Å². The summed E-state index contributed by atoms with van der Waals surface area (Å²) in [6, 6.07) is 10.9. The van der Waals surface area contributed by atoms with Gasteiger partial charge in [-0.1, -0.05) is 30.7 Å². The van der Waals surface area contributed by atoms with Crippen molar-refractivity contribution in [2.45, 2.75) is 66.0 Å².